The molecule has 1 amide bonds. The van der Waals surface area contributed by atoms with Crippen molar-refractivity contribution in [3.05, 3.63) is 64.5 Å². The molecule has 0 fully saturated rings. The molecule has 3 nitrogen and oxygen atoms in total. The van der Waals surface area contributed by atoms with Crippen LogP contribution in [0.2, 0.25) is 0 Å². The summed E-state index contributed by atoms with van der Waals surface area (Å²) in [6.45, 7) is 0.652. The molecule has 1 atom stereocenters. The van der Waals surface area contributed by atoms with Crippen LogP contribution < -0.4 is 0 Å². The standard InChI is InChI=1S/C22H25ClN2O/c23-14-22(26)25(20-9-10-21-19(13-20)6-3-11-24-21)15-16-7-8-17-4-1-2-5-18(17)12-16/h3,6-8,11-12,20H,1-2,4-5,9-10,13-15H2. The van der Waals surface area contributed by atoms with Crippen molar-refractivity contribution in [3.8, 4) is 0 Å². The van der Waals surface area contributed by atoms with Crippen molar-refractivity contribution in [2.45, 2.75) is 57.5 Å². The Morgan fingerprint density at radius 2 is 1.96 bits per heavy atom. The summed E-state index contributed by atoms with van der Waals surface area (Å²) in [4.78, 5) is 19.1. The summed E-state index contributed by atoms with van der Waals surface area (Å²) in [5, 5.41) is 0. The van der Waals surface area contributed by atoms with Crippen LogP contribution in [0.3, 0.4) is 0 Å². The maximum absolute atomic E-state index is 12.6. The lowest BCUT2D eigenvalue weighted by Crippen LogP contribution is -2.43. The maximum atomic E-state index is 12.6. The van der Waals surface area contributed by atoms with Crippen LogP contribution in [0, 0.1) is 0 Å². The predicted octanol–water partition coefficient (Wildman–Crippen LogP) is 4.09. The predicted molar refractivity (Wildman–Crippen MR) is 104 cm³/mol. The quantitative estimate of drug-likeness (QED) is 0.761. The van der Waals surface area contributed by atoms with Crippen LogP contribution in [0.5, 0.6) is 0 Å². The lowest BCUT2D eigenvalue weighted by atomic mass is 9.89. The highest BCUT2D eigenvalue weighted by Gasteiger charge is 2.28. The van der Waals surface area contributed by atoms with Gasteiger partial charge in [-0.25, -0.2) is 0 Å². The van der Waals surface area contributed by atoms with Crippen molar-refractivity contribution >= 4 is 17.5 Å². The largest absolute Gasteiger partial charge is 0.334 e. The summed E-state index contributed by atoms with van der Waals surface area (Å²) in [6, 6.07) is 11.1. The first-order valence-electron chi connectivity index (χ1n) is 9.63. The zero-order valence-corrected chi connectivity index (χ0v) is 15.8. The van der Waals surface area contributed by atoms with Gasteiger partial charge in [0.2, 0.25) is 5.91 Å². The van der Waals surface area contributed by atoms with Crippen LogP contribution in [-0.2, 0) is 37.0 Å². The number of nitrogens with zero attached hydrogens (tertiary/aromatic N) is 2. The minimum Gasteiger partial charge on any atom is -0.334 e. The number of rotatable bonds is 4. The number of aromatic nitrogens is 1. The molecule has 2 aliphatic rings. The molecule has 0 bridgehead atoms. The van der Waals surface area contributed by atoms with E-state index in [2.05, 4.69) is 29.2 Å². The van der Waals surface area contributed by atoms with E-state index in [0.29, 0.717) is 6.54 Å². The molecule has 4 rings (SSSR count). The van der Waals surface area contributed by atoms with Gasteiger partial charge in [-0.2, -0.15) is 0 Å². The smallest absolute Gasteiger partial charge is 0.238 e. The van der Waals surface area contributed by atoms with Crippen LogP contribution >= 0.6 is 11.6 Å². The van der Waals surface area contributed by atoms with Crippen molar-refractivity contribution in [3.63, 3.8) is 0 Å². The summed E-state index contributed by atoms with van der Waals surface area (Å²) < 4.78 is 0. The van der Waals surface area contributed by atoms with Crippen LogP contribution in [0.25, 0.3) is 0 Å². The summed E-state index contributed by atoms with van der Waals surface area (Å²) in [6.07, 6.45) is 9.52. The van der Waals surface area contributed by atoms with Gasteiger partial charge in [0.25, 0.3) is 0 Å². The third-order valence-electron chi connectivity index (χ3n) is 5.80. The van der Waals surface area contributed by atoms with Crippen molar-refractivity contribution in [1.29, 1.82) is 0 Å². The molecular formula is C22H25ClN2O. The van der Waals surface area contributed by atoms with Gasteiger partial charge in [0, 0.05) is 24.5 Å². The first-order valence-corrected chi connectivity index (χ1v) is 10.2. The molecule has 1 heterocycles. The van der Waals surface area contributed by atoms with Crippen LogP contribution in [-0.4, -0.2) is 27.7 Å². The molecule has 0 aliphatic heterocycles. The van der Waals surface area contributed by atoms with Crippen molar-refractivity contribution < 1.29 is 4.79 Å². The number of alkyl halides is 1. The molecule has 136 valence electrons. The lowest BCUT2D eigenvalue weighted by molar-refractivity contribution is -0.131. The van der Waals surface area contributed by atoms with Crippen LogP contribution in [0.15, 0.2) is 36.5 Å². The molecular weight excluding hydrogens is 344 g/mol. The summed E-state index contributed by atoms with van der Waals surface area (Å²) in [7, 11) is 0. The van der Waals surface area contributed by atoms with Gasteiger partial charge in [-0.15, -0.1) is 11.6 Å². The number of pyridine rings is 1. The van der Waals surface area contributed by atoms with Crippen molar-refractivity contribution in [2.75, 3.05) is 5.88 Å². The number of carbonyl (C=O) groups is 1. The number of amides is 1. The molecule has 2 aromatic rings. The van der Waals surface area contributed by atoms with Gasteiger partial charge >= 0.3 is 0 Å². The molecule has 0 saturated heterocycles. The van der Waals surface area contributed by atoms with Crippen LogP contribution in [0.1, 0.15) is 47.2 Å². The lowest BCUT2D eigenvalue weighted by Gasteiger charge is -2.35. The van der Waals surface area contributed by atoms with Gasteiger partial charge in [0.15, 0.2) is 0 Å². The van der Waals surface area contributed by atoms with Crippen molar-refractivity contribution in [1.82, 2.24) is 9.88 Å². The molecule has 2 aliphatic carbocycles. The van der Waals surface area contributed by atoms with E-state index < -0.39 is 0 Å². The average Bonchev–Trinajstić information content (AvgIpc) is 2.71. The molecule has 0 spiro atoms. The van der Waals surface area contributed by atoms with Crippen molar-refractivity contribution in [2.24, 2.45) is 0 Å². The third kappa shape index (κ3) is 3.64. The van der Waals surface area contributed by atoms with Gasteiger partial charge in [0.05, 0.1) is 0 Å². The van der Waals surface area contributed by atoms with E-state index >= 15 is 0 Å². The average molecular weight is 369 g/mol. The van der Waals surface area contributed by atoms with E-state index in [1.807, 2.05) is 17.2 Å². The van der Waals surface area contributed by atoms with E-state index in [0.717, 1.165) is 25.7 Å². The normalized spacial score (nSPS) is 18.7. The fourth-order valence-corrected chi connectivity index (χ4v) is 4.54. The Morgan fingerprint density at radius 1 is 1.12 bits per heavy atom. The Morgan fingerprint density at radius 3 is 2.81 bits per heavy atom. The van der Waals surface area contributed by atoms with E-state index in [1.165, 1.54) is 47.2 Å². The third-order valence-corrected chi connectivity index (χ3v) is 6.02. The summed E-state index contributed by atoms with van der Waals surface area (Å²) in [5.41, 5.74) is 6.61. The van der Waals surface area contributed by atoms with Gasteiger partial charge < -0.3 is 4.90 Å². The Bertz CT molecular complexity index is 804. The monoisotopic (exact) mass is 368 g/mol. The highest BCUT2D eigenvalue weighted by molar-refractivity contribution is 6.27. The fraction of sp³-hybridized carbons (Fsp3) is 0.455. The topological polar surface area (TPSA) is 33.2 Å². The Kier molecular flexibility index (Phi) is 5.26. The number of hydrogen-bond donors (Lipinski definition) is 0. The summed E-state index contributed by atoms with van der Waals surface area (Å²) >= 11 is 5.94. The highest BCUT2D eigenvalue weighted by Crippen LogP contribution is 2.27. The summed E-state index contributed by atoms with van der Waals surface area (Å²) in [5.74, 6) is 0.0724. The van der Waals surface area contributed by atoms with Gasteiger partial charge in [-0.05, 0) is 73.3 Å². The van der Waals surface area contributed by atoms with Gasteiger partial charge in [0.1, 0.15) is 5.88 Å². The Balaban J connectivity index is 1.55. The number of fused-ring (bicyclic) bond motifs is 2. The number of halogens is 1. The van der Waals surface area contributed by atoms with E-state index in [-0.39, 0.29) is 17.8 Å². The molecule has 1 aromatic heterocycles. The second-order valence-electron chi connectivity index (χ2n) is 7.47. The molecule has 1 aromatic carbocycles. The number of carbonyl (C=O) groups excluding carboxylic acids is 1. The zero-order chi connectivity index (χ0) is 17.9. The minimum atomic E-state index is 0.0294. The zero-order valence-electron chi connectivity index (χ0n) is 15.1. The highest BCUT2D eigenvalue weighted by atomic mass is 35.5. The Labute approximate surface area is 160 Å². The number of benzene rings is 1. The SMILES string of the molecule is O=C(CCl)N(Cc1ccc2c(c1)CCCC2)C1CCc2ncccc2C1. The van der Waals surface area contributed by atoms with E-state index in [9.17, 15) is 4.79 Å². The van der Waals surface area contributed by atoms with Crippen LogP contribution in [0.4, 0.5) is 0 Å². The maximum Gasteiger partial charge on any atom is 0.238 e. The molecule has 4 heteroatoms. The van der Waals surface area contributed by atoms with Gasteiger partial charge in [-0.3, -0.25) is 9.78 Å². The fourth-order valence-electron chi connectivity index (χ4n) is 4.39. The minimum absolute atomic E-state index is 0.0294. The van der Waals surface area contributed by atoms with Gasteiger partial charge in [-0.1, -0.05) is 24.3 Å². The molecule has 1 unspecified atom stereocenters. The molecule has 0 saturated carbocycles. The second kappa shape index (κ2) is 7.79. The molecule has 26 heavy (non-hydrogen) atoms. The number of hydrogen-bond acceptors (Lipinski definition) is 2. The van der Waals surface area contributed by atoms with E-state index in [1.54, 1.807) is 0 Å². The van der Waals surface area contributed by atoms with E-state index in [4.69, 9.17) is 11.6 Å². The first kappa shape index (κ1) is 17.5. The second-order valence-corrected chi connectivity index (χ2v) is 7.74. The Hall–Kier alpha value is -1.87. The molecule has 0 N–H and O–H groups in total. The first-order chi connectivity index (χ1) is 12.7. The number of aryl methyl sites for hydroxylation is 3. The molecule has 0 radical (unpaired) electrons.